The Hall–Kier alpha value is -3.99. The fourth-order valence-corrected chi connectivity index (χ4v) is 3.69. The Morgan fingerprint density at radius 3 is 2.73 bits per heavy atom. The third-order valence-corrected chi connectivity index (χ3v) is 5.73. The van der Waals surface area contributed by atoms with Crippen molar-refractivity contribution in [2.75, 3.05) is 18.0 Å². The molecule has 0 unspecified atom stereocenters. The van der Waals surface area contributed by atoms with Crippen LogP contribution in [0, 0.1) is 17.2 Å². The zero-order valence-corrected chi connectivity index (χ0v) is 18.5. The number of pyridine rings is 1. The Morgan fingerprint density at radius 1 is 1.24 bits per heavy atom. The van der Waals surface area contributed by atoms with Crippen molar-refractivity contribution in [3.63, 3.8) is 0 Å². The lowest BCUT2D eigenvalue weighted by Crippen LogP contribution is -2.31. The summed E-state index contributed by atoms with van der Waals surface area (Å²) in [5, 5.41) is 19.3. The third kappa shape index (κ3) is 5.63. The maximum atomic E-state index is 12.4. The molecule has 8 heteroatoms. The number of anilines is 1. The number of nitriles is 1. The van der Waals surface area contributed by atoms with Crippen molar-refractivity contribution < 1.29 is 9.59 Å². The zero-order valence-electron chi connectivity index (χ0n) is 18.5. The van der Waals surface area contributed by atoms with E-state index in [0.29, 0.717) is 41.5 Å². The second-order valence-corrected chi connectivity index (χ2v) is 8.31. The summed E-state index contributed by atoms with van der Waals surface area (Å²) in [6.07, 6.45) is 9.07. The smallest absolute Gasteiger partial charge is 0.252 e. The largest absolute Gasteiger partial charge is 0.352 e. The predicted octanol–water partition coefficient (Wildman–Crippen LogP) is 3.47. The normalized spacial score (nSPS) is 12.7. The van der Waals surface area contributed by atoms with Gasteiger partial charge in [0.1, 0.15) is 6.07 Å². The van der Waals surface area contributed by atoms with Gasteiger partial charge < -0.3 is 10.2 Å². The quantitative estimate of drug-likeness (QED) is 0.493. The molecule has 0 bridgehead atoms. The fraction of sp³-hybridized carbons (Fsp3) is 0.320. The number of rotatable bonds is 9. The van der Waals surface area contributed by atoms with Crippen LogP contribution >= 0.6 is 0 Å². The molecule has 1 saturated carbocycles. The van der Waals surface area contributed by atoms with Crippen LogP contribution in [0.25, 0.3) is 11.3 Å². The molecule has 0 saturated heterocycles. The number of amides is 2. The number of nitrogens with zero attached hydrogens (tertiary/aromatic N) is 4. The lowest BCUT2D eigenvalue weighted by Gasteiger charge is -2.22. The molecular formula is C25H26N6O2. The van der Waals surface area contributed by atoms with Gasteiger partial charge in [-0.1, -0.05) is 6.07 Å². The van der Waals surface area contributed by atoms with E-state index in [4.69, 9.17) is 0 Å². The first-order valence-corrected chi connectivity index (χ1v) is 11.1. The van der Waals surface area contributed by atoms with Gasteiger partial charge in [0.15, 0.2) is 0 Å². The maximum absolute atomic E-state index is 12.4. The van der Waals surface area contributed by atoms with E-state index in [2.05, 4.69) is 26.6 Å². The van der Waals surface area contributed by atoms with Gasteiger partial charge in [-0.15, -0.1) is 0 Å². The molecule has 0 atom stereocenters. The Kier molecular flexibility index (Phi) is 6.79. The van der Waals surface area contributed by atoms with Crippen LogP contribution in [-0.4, -0.2) is 40.1 Å². The number of hydrogen-bond donors (Lipinski definition) is 2. The molecule has 2 aromatic heterocycles. The number of carbonyl (C=O) groups is 2. The van der Waals surface area contributed by atoms with Gasteiger partial charge >= 0.3 is 0 Å². The Labute approximate surface area is 192 Å². The van der Waals surface area contributed by atoms with Crippen LogP contribution in [0.5, 0.6) is 0 Å². The summed E-state index contributed by atoms with van der Waals surface area (Å²) in [5.41, 5.74) is 4.07. The number of benzene rings is 1. The zero-order chi connectivity index (χ0) is 23.2. The van der Waals surface area contributed by atoms with E-state index in [1.807, 2.05) is 12.3 Å². The maximum Gasteiger partial charge on any atom is 0.252 e. The highest BCUT2D eigenvalue weighted by Crippen LogP contribution is 2.33. The Morgan fingerprint density at radius 2 is 2.09 bits per heavy atom. The van der Waals surface area contributed by atoms with Crippen LogP contribution in [0.1, 0.15) is 47.7 Å². The molecule has 1 aliphatic rings. The Bertz CT molecular complexity index is 1160. The minimum atomic E-state index is -0.175. The average Bonchev–Trinajstić information content (AvgIpc) is 3.51. The van der Waals surface area contributed by atoms with Crippen LogP contribution in [0.3, 0.4) is 0 Å². The average molecular weight is 443 g/mol. The van der Waals surface area contributed by atoms with Gasteiger partial charge in [-0.2, -0.15) is 10.4 Å². The number of hydrogen-bond acceptors (Lipinski definition) is 5. The lowest BCUT2D eigenvalue weighted by atomic mass is 10.0. The van der Waals surface area contributed by atoms with Crippen molar-refractivity contribution in [3.05, 3.63) is 65.6 Å². The summed E-state index contributed by atoms with van der Waals surface area (Å²) in [5.74, 6) is 0.280. The molecule has 1 aromatic carbocycles. The molecule has 3 aromatic rings. The van der Waals surface area contributed by atoms with E-state index in [1.54, 1.807) is 35.4 Å². The van der Waals surface area contributed by atoms with Gasteiger partial charge in [0, 0.05) is 38.0 Å². The van der Waals surface area contributed by atoms with Crippen molar-refractivity contribution >= 4 is 17.5 Å². The highest BCUT2D eigenvalue weighted by Gasteiger charge is 2.27. The van der Waals surface area contributed by atoms with Gasteiger partial charge in [-0.05, 0) is 61.4 Å². The van der Waals surface area contributed by atoms with Gasteiger partial charge in [-0.25, -0.2) is 0 Å². The summed E-state index contributed by atoms with van der Waals surface area (Å²) < 4.78 is 0. The number of aromatic nitrogens is 3. The van der Waals surface area contributed by atoms with Crippen LogP contribution in [0.4, 0.5) is 5.69 Å². The molecule has 2 heterocycles. The van der Waals surface area contributed by atoms with Gasteiger partial charge in [0.2, 0.25) is 5.91 Å². The summed E-state index contributed by atoms with van der Waals surface area (Å²) in [4.78, 5) is 30.6. The number of aryl methyl sites for hydroxylation is 1. The van der Waals surface area contributed by atoms with Crippen molar-refractivity contribution in [3.8, 4) is 17.3 Å². The molecule has 1 fully saturated rings. The molecule has 8 nitrogen and oxygen atoms in total. The van der Waals surface area contributed by atoms with Crippen LogP contribution < -0.4 is 10.2 Å². The highest BCUT2D eigenvalue weighted by atomic mass is 16.2. The molecule has 168 valence electrons. The minimum Gasteiger partial charge on any atom is -0.352 e. The summed E-state index contributed by atoms with van der Waals surface area (Å²) >= 11 is 0. The first-order chi connectivity index (χ1) is 16.0. The minimum absolute atomic E-state index is 0.0654. The van der Waals surface area contributed by atoms with Crippen molar-refractivity contribution in [2.24, 2.45) is 5.92 Å². The van der Waals surface area contributed by atoms with E-state index in [1.165, 1.54) is 13.1 Å². The van der Waals surface area contributed by atoms with Crippen LogP contribution in [0.2, 0.25) is 0 Å². The molecule has 0 spiro atoms. The highest BCUT2D eigenvalue weighted by molar-refractivity contribution is 5.94. The molecule has 1 aliphatic carbocycles. The van der Waals surface area contributed by atoms with E-state index >= 15 is 0 Å². The van der Waals surface area contributed by atoms with Gasteiger partial charge in [-0.3, -0.25) is 19.7 Å². The first kappa shape index (κ1) is 22.2. The van der Waals surface area contributed by atoms with E-state index in [0.717, 1.165) is 36.8 Å². The first-order valence-electron chi connectivity index (χ1n) is 11.1. The predicted molar refractivity (Wildman–Crippen MR) is 124 cm³/mol. The third-order valence-electron chi connectivity index (χ3n) is 5.73. The standard InChI is InChI=1S/C25H26N6O2/c1-17(32)31(16-18-4-5-18)24-9-7-20(11-22(24)12-26)23-8-6-21(15-28-23)25(33)27-10-2-3-19-13-29-30-14-19/h6-9,11,13-15,18H,2-5,10,16H2,1H3,(H,27,33)(H,29,30). The second-order valence-electron chi connectivity index (χ2n) is 8.31. The van der Waals surface area contributed by atoms with Crippen molar-refractivity contribution in [1.82, 2.24) is 20.5 Å². The summed E-state index contributed by atoms with van der Waals surface area (Å²) in [7, 11) is 0. The van der Waals surface area contributed by atoms with Gasteiger partial charge in [0.05, 0.1) is 28.7 Å². The fourth-order valence-electron chi connectivity index (χ4n) is 3.69. The molecule has 4 rings (SSSR count). The van der Waals surface area contributed by atoms with E-state index < -0.39 is 0 Å². The second kappa shape index (κ2) is 10.1. The van der Waals surface area contributed by atoms with E-state index in [-0.39, 0.29) is 11.8 Å². The van der Waals surface area contributed by atoms with E-state index in [9.17, 15) is 14.9 Å². The molecule has 0 radical (unpaired) electrons. The van der Waals surface area contributed by atoms with Crippen molar-refractivity contribution in [2.45, 2.75) is 32.6 Å². The molecule has 2 amide bonds. The number of nitrogens with one attached hydrogen (secondary N) is 2. The van der Waals surface area contributed by atoms with Crippen molar-refractivity contribution in [1.29, 1.82) is 5.26 Å². The molecule has 0 aliphatic heterocycles. The SMILES string of the molecule is CC(=O)N(CC1CC1)c1ccc(-c2ccc(C(=O)NCCCc3cn[nH]c3)cn2)cc1C#N. The van der Waals surface area contributed by atoms with Crippen LogP contribution in [0.15, 0.2) is 48.9 Å². The number of aromatic amines is 1. The number of H-pyrrole nitrogens is 1. The number of carbonyl (C=O) groups excluding carboxylic acids is 2. The monoisotopic (exact) mass is 442 g/mol. The molecule has 33 heavy (non-hydrogen) atoms. The van der Waals surface area contributed by atoms with Crippen LogP contribution in [-0.2, 0) is 11.2 Å². The topological polar surface area (TPSA) is 115 Å². The lowest BCUT2D eigenvalue weighted by molar-refractivity contribution is -0.116. The summed E-state index contributed by atoms with van der Waals surface area (Å²) in [6.45, 7) is 2.74. The summed E-state index contributed by atoms with van der Waals surface area (Å²) in [6, 6.07) is 11.1. The van der Waals surface area contributed by atoms with Gasteiger partial charge in [0.25, 0.3) is 5.91 Å². The Balaban J connectivity index is 1.40. The molecular weight excluding hydrogens is 416 g/mol. The molecule has 2 N–H and O–H groups in total.